The average Bonchev–Trinajstić information content (AvgIpc) is 3.48. The van der Waals surface area contributed by atoms with Crippen LogP contribution in [0.3, 0.4) is 0 Å². The van der Waals surface area contributed by atoms with Crippen molar-refractivity contribution in [3.63, 3.8) is 0 Å². The van der Waals surface area contributed by atoms with Crippen molar-refractivity contribution in [3.05, 3.63) is 47.7 Å². The molecule has 0 spiro atoms. The zero-order valence-electron chi connectivity index (χ0n) is 18.5. The van der Waals surface area contributed by atoms with Gasteiger partial charge in [-0.25, -0.2) is 4.39 Å². The van der Waals surface area contributed by atoms with Crippen molar-refractivity contribution in [2.24, 2.45) is 0 Å². The van der Waals surface area contributed by atoms with E-state index in [-0.39, 0.29) is 23.5 Å². The highest BCUT2D eigenvalue weighted by Gasteiger charge is 2.30. The summed E-state index contributed by atoms with van der Waals surface area (Å²) >= 11 is 6.02. The van der Waals surface area contributed by atoms with E-state index in [9.17, 15) is 9.18 Å². The fourth-order valence-electron chi connectivity index (χ4n) is 4.24. The number of pyridine rings is 1. The smallest absolute Gasteiger partial charge is 0.244 e. The first-order valence-corrected chi connectivity index (χ1v) is 11.0. The number of hydrogen-bond acceptors (Lipinski definition) is 8. The van der Waals surface area contributed by atoms with Crippen LogP contribution in [0.4, 0.5) is 10.1 Å². The Balaban J connectivity index is 1.34. The first-order valence-electron chi connectivity index (χ1n) is 10.6. The van der Waals surface area contributed by atoms with Gasteiger partial charge in [0.2, 0.25) is 18.1 Å². The predicted octanol–water partition coefficient (Wildman–Crippen LogP) is 3.02. The van der Waals surface area contributed by atoms with Crippen LogP contribution in [0.1, 0.15) is 6.92 Å². The largest absolute Gasteiger partial charge is 0.495 e. The van der Waals surface area contributed by atoms with E-state index in [0.29, 0.717) is 53.6 Å². The Kier molecular flexibility index (Phi) is 5.78. The molecule has 5 rings (SSSR count). The topological polar surface area (TPSA) is 102 Å². The van der Waals surface area contributed by atoms with Crippen LogP contribution in [0.25, 0.3) is 22.6 Å². The molecule has 1 amide bonds. The monoisotopic (exact) mass is 485 g/mol. The first kappa shape index (κ1) is 22.1. The van der Waals surface area contributed by atoms with Crippen molar-refractivity contribution in [3.8, 4) is 17.3 Å². The first-order chi connectivity index (χ1) is 16.5. The lowest BCUT2D eigenvalue weighted by Crippen LogP contribution is -2.55. The van der Waals surface area contributed by atoms with Crippen LogP contribution in [0.2, 0.25) is 5.02 Å². The molecule has 0 aliphatic carbocycles. The Hall–Kier alpha value is -3.73. The molecule has 4 heterocycles. The number of fused-ring (bicyclic) bond motifs is 1. The maximum Gasteiger partial charge on any atom is 0.244 e. The normalized spacial score (nSPS) is 16.3. The molecule has 4 aromatic rings. The third-order valence-electron chi connectivity index (χ3n) is 5.88. The lowest BCUT2D eigenvalue weighted by Gasteiger charge is -2.41. The van der Waals surface area contributed by atoms with Crippen LogP contribution >= 0.6 is 11.6 Å². The summed E-state index contributed by atoms with van der Waals surface area (Å²) in [6.45, 7) is 3.31. The zero-order chi connectivity index (χ0) is 23.8. The van der Waals surface area contributed by atoms with Gasteiger partial charge in [-0.1, -0.05) is 16.8 Å². The summed E-state index contributed by atoms with van der Waals surface area (Å²) in [4.78, 5) is 25.3. The predicted molar refractivity (Wildman–Crippen MR) is 122 cm³/mol. The lowest BCUT2D eigenvalue weighted by molar-refractivity contribution is -0.134. The maximum atomic E-state index is 14.6. The van der Waals surface area contributed by atoms with E-state index in [1.165, 1.54) is 19.6 Å². The van der Waals surface area contributed by atoms with Crippen LogP contribution in [-0.2, 0) is 11.3 Å². The van der Waals surface area contributed by atoms with Crippen molar-refractivity contribution in [2.45, 2.75) is 19.5 Å². The van der Waals surface area contributed by atoms with Crippen molar-refractivity contribution >= 4 is 34.2 Å². The molecule has 1 aliphatic heterocycles. The fourth-order valence-corrected chi connectivity index (χ4v) is 4.47. The SMILES string of the molecule is COc1cc(N2CCN(C(=O)Cn3nc(-c4ncon4)c4ncccc43)C(C)C2)c(F)cc1Cl. The number of carbonyl (C=O) groups excluding carboxylic acids is 1. The summed E-state index contributed by atoms with van der Waals surface area (Å²) in [5, 5.41) is 8.59. The van der Waals surface area contributed by atoms with Gasteiger partial charge in [-0.2, -0.15) is 10.1 Å². The number of rotatable bonds is 5. The molecule has 10 nitrogen and oxygen atoms in total. The Bertz CT molecular complexity index is 1340. The van der Waals surface area contributed by atoms with Gasteiger partial charge >= 0.3 is 0 Å². The van der Waals surface area contributed by atoms with Crippen molar-refractivity contribution < 1.29 is 18.4 Å². The number of methoxy groups -OCH3 is 1. The highest BCUT2D eigenvalue weighted by molar-refractivity contribution is 6.32. The number of ether oxygens (including phenoxy) is 1. The summed E-state index contributed by atoms with van der Waals surface area (Å²) in [5.41, 5.74) is 2.12. The number of aromatic nitrogens is 5. The van der Waals surface area contributed by atoms with Gasteiger partial charge < -0.3 is 19.1 Å². The number of amides is 1. The minimum absolute atomic E-state index is 0.0213. The van der Waals surface area contributed by atoms with Crippen molar-refractivity contribution in [1.29, 1.82) is 0 Å². The second-order valence-electron chi connectivity index (χ2n) is 7.95. The molecule has 1 aliphatic rings. The number of carbonyl (C=O) groups is 1. The second kappa shape index (κ2) is 8.90. The van der Waals surface area contributed by atoms with Crippen molar-refractivity contribution in [2.75, 3.05) is 31.6 Å². The molecular weight excluding hydrogens is 465 g/mol. The number of benzene rings is 1. The van der Waals surface area contributed by atoms with Crippen LogP contribution in [0.5, 0.6) is 5.75 Å². The van der Waals surface area contributed by atoms with E-state index < -0.39 is 5.82 Å². The van der Waals surface area contributed by atoms with Gasteiger partial charge in [-0.3, -0.25) is 14.5 Å². The molecule has 0 saturated carbocycles. The lowest BCUT2D eigenvalue weighted by atomic mass is 10.1. The van der Waals surface area contributed by atoms with Gasteiger partial charge in [0.05, 0.1) is 23.3 Å². The minimum Gasteiger partial charge on any atom is -0.495 e. The molecule has 0 N–H and O–H groups in total. The third kappa shape index (κ3) is 3.92. The minimum atomic E-state index is -0.428. The summed E-state index contributed by atoms with van der Waals surface area (Å²) < 4.78 is 26.3. The quantitative estimate of drug-likeness (QED) is 0.425. The molecule has 12 heteroatoms. The van der Waals surface area contributed by atoms with E-state index in [0.717, 1.165) is 0 Å². The van der Waals surface area contributed by atoms with Crippen LogP contribution in [0, 0.1) is 5.82 Å². The van der Waals surface area contributed by atoms with Gasteiger partial charge in [0.15, 0.2) is 5.69 Å². The Morgan fingerprint density at radius 3 is 2.91 bits per heavy atom. The summed E-state index contributed by atoms with van der Waals surface area (Å²) in [7, 11) is 1.49. The highest BCUT2D eigenvalue weighted by atomic mass is 35.5. The van der Waals surface area contributed by atoms with Crippen LogP contribution in [0.15, 0.2) is 41.4 Å². The molecule has 34 heavy (non-hydrogen) atoms. The van der Waals surface area contributed by atoms with Crippen LogP contribution < -0.4 is 9.64 Å². The van der Waals surface area contributed by atoms with Gasteiger partial charge in [0.1, 0.15) is 23.6 Å². The zero-order valence-corrected chi connectivity index (χ0v) is 19.2. The average molecular weight is 486 g/mol. The van der Waals surface area contributed by atoms with E-state index in [2.05, 4.69) is 20.2 Å². The molecule has 1 aromatic carbocycles. The second-order valence-corrected chi connectivity index (χ2v) is 8.36. The summed E-state index contributed by atoms with van der Waals surface area (Å²) in [6, 6.07) is 6.30. The molecule has 1 atom stereocenters. The van der Waals surface area contributed by atoms with Gasteiger partial charge in [0, 0.05) is 37.9 Å². The molecule has 1 fully saturated rings. The van der Waals surface area contributed by atoms with Crippen LogP contribution in [-0.4, -0.2) is 68.5 Å². The van der Waals surface area contributed by atoms with E-state index in [1.54, 1.807) is 27.9 Å². The third-order valence-corrected chi connectivity index (χ3v) is 6.17. The number of hydrogen-bond donors (Lipinski definition) is 0. The van der Waals surface area contributed by atoms with E-state index in [4.69, 9.17) is 20.9 Å². The van der Waals surface area contributed by atoms with Crippen molar-refractivity contribution in [1.82, 2.24) is 29.8 Å². The van der Waals surface area contributed by atoms with Gasteiger partial charge in [-0.15, -0.1) is 0 Å². The Labute approximate surface area is 198 Å². The van der Waals surface area contributed by atoms with E-state index >= 15 is 0 Å². The molecule has 3 aromatic heterocycles. The molecule has 176 valence electrons. The van der Waals surface area contributed by atoms with Gasteiger partial charge in [-0.05, 0) is 25.1 Å². The molecule has 1 saturated heterocycles. The number of piperazine rings is 1. The Morgan fingerprint density at radius 1 is 1.32 bits per heavy atom. The number of nitrogens with zero attached hydrogens (tertiary/aromatic N) is 7. The summed E-state index contributed by atoms with van der Waals surface area (Å²) in [5.74, 6) is 0.176. The van der Waals surface area contributed by atoms with E-state index in [1.807, 2.05) is 17.9 Å². The Morgan fingerprint density at radius 2 is 2.18 bits per heavy atom. The maximum absolute atomic E-state index is 14.6. The number of anilines is 1. The highest BCUT2D eigenvalue weighted by Crippen LogP contribution is 2.33. The number of halogens is 2. The molecule has 0 radical (unpaired) electrons. The van der Waals surface area contributed by atoms with Gasteiger partial charge in [0.25, 0.3) is 0 Å². The molecule has 0 bridgehead atoms. The molecule has 1 unspecified atom stereocenters. The summed E-state index contributed by atoms with van der Waals surface area (Å²) in [6.07, 6.45) is 2.86. The molecular formula is C22H21ClFN7O3. The fraction of sp³-hybridized carbons (Fsp3) is 0.318. The standard InChI is InChI=1S/C22H21ClFN7O3/c1-13-10-29(17-9-18(33-2)14(23)8-15(17)24)6-7-30(13)19(32)11-31-16-4-3-5-25-20(16)21(27-31)22-26-12-34-28-22/h3-5,8-9,12-13H,6-7,10-11H2,1-2H3.